The minimum Gasteiger partial charge on any atom is -0.479 e. The van der Waals surface area contributed by atoms with Crippen molar-refractivity contribution in [2.45, 2.75) is 128 Å². The van der Waals surface area contributed by atoms with Crippen LogP contribution < -0.4 is 0 Å². The second-order valence-corrected chi connectivity index (χ2v) is 16.0. The van der Waals surface area contributed by atoms with Crippen LogP contribution in [-0.4, -0.2) is 113 Å². The van der Waals surface area contributed by atoms with Gasteiger partial charge < -0.3 is 48.5 Å². The molecule has 328 valence electrons. The van der Waals surface area contributed by atoms with Crippen LogP contribution in [0.3, 0.4) is 0 Å². The number of carboxylic acid groups (broad SMARTS) is 1. The molecule has 0 aromatic heterocycles. The zero-order chi connectivity index (χ0) is 44.3. The Morgan fingerprint density at radius 2 is 1.68 bits per heavy atom. The zero-order valence-electron chi connectivity index (χ0n) is 35.2. The molecule has 0 radical (unpaired) electrons. The Labute approximate surface area is 345 Å². The van der Waals surface area contributed by atoms with Crippen molar-refractivity contribution in [3.63, 3.8) is 0 Å². The highest BCUT2D eigenvalue weighted by atomic mass is 16.8. The van der Waals surface area contributed by atoms with Crippen molar-refractivity contribution in [3.05, 3.63) is 60.2 Å². The van der Waals surface area contributed by atoms with E-state index >= 15 is 0 Å². The number of aliphatic hydroxyl groups is 2. The summed E-state index contributed by atoms with van der Waals surface area (Å²) in [4.78, 5) is 79.4. The van der Waals surface area contributed by atoms with E-state index in [0.29, 0.717) is 25.2 Å². The molecule has 16 nitrogen and oxygen atoms in total. The number of allylic oxidation sites excluding steroid dienone is 1. The number of rotatable bonds is 22. The number of carbonyl (C=O) groups excluding carboxylic acids is 5. The van der Waals surface area contributed by atoms with E-state index in [2.05, 4.69) is 11.3 Å². The van der Waals surface area contributed by atoms with Crippen LogP contribution in [0.25, 0.3) is 0 Å². The van der Waals surface area contributed by atoms with Crippen LogP contribution in [0.4, 0.5) is 0 Å². The van der Waals surface area contributed by atoms with Gasteiger partial charge in [-0.15, -0.1) is 0 Å². The van der Waals surface area contributed by atoms with Crippen LogP contribution in [-0.2, 0) is 68.3 Å². The van der Waals surface area contributed by atoms with Gasteiger partial charge in [0.25, 0.3) is 0 Å². The summed E-state index contributed by atoms with van der Waals surface area (Å²) in [6.45, 7) is 15.3. The summed E-state index contributed by atoms with van der Waals surface area (Å²) in [5.41, 5.74) is -6.10. The highest BCUT2D eigenvalue weighted by Crippen LogP contribution is 2.56. The molecule has 4 unspecified atom stereocenters. The number of esters is 5. The molecule has 2 saturated heterocycles. The fraction of sp³-hybridized carbons (Fsp3) is 0.628. The van der Waals surface area contributed by atoms with E-state index in [-0.39, 0.29) is 36.4 Å². The molecule has 0 amide bonds. The number of aliphatic carboxylic acids is 1. The first-order chi connectivity index (χ1) is 27.7. The van der Waals surface area contributed by atoms with Crippen LogP contribution in [0.15, 0.2) is 54.6 Å². The monoisotopic (exact) mass is 832 g/mol. The van der Waals surface area contributed by atoms with Gasteiger partial charge in [-0.1, -0.05) is 91.0 Å². The molecule has 2 aliphatic rings. The molecule has 3 N–H and O–H groups in total. The van der Waals surface area contributed by atoms with E-state index in [1.807, 2.05) is 71.9 Å². The Kier molecular flexibility index (Phi) is 17.4. The molecule has 2 heterocycles. The molecular weight excluding hydrogens is 772 g/mol. The zero-order valence-corrected chi connectivity index (χ0v) is 35.2. The number of methoxy groups -OCH3 is 1. The van der Waals surface area contributed by atoms with Crippen molar-refractivity contribution in [3.8, 4) is 0 Å². The molecule has 0 saturated carbocycles. The fourth-order valence-corrected chi connectivity index (χ4v) is 7.32. The third-order valence-electron chi connectivity index (χ3n) is 10.7. The number of benzene rings is 1. The largest absolute Gasteiger partial charge is 0.479 e. The molecule has 1 aromatic carbocycles. The molecule has 59 heavy (non-hydrogen) atoms. The maximum atomic E-state index is 14.0. The number of fused-ring (bicyclic) bond motifs is 2. The number of ether oxygens (including phenoxy) is 7. The lowest BCUT2D eigenvalue weighted by Crippen LogP contribution is -2.78. The van der Waals surface area contributed by atoms with E-state index in [1.54, 1.807) is 0 Å². The highest BCUT2D eigenvalue weighted by Gasteiger charge is 2.86. The molecule has 16 heteroatoms. The van der Waals surface area contributed by atoms with E-state index in [0.717, 1.165) is 25.2 Å². The Morgan fingerprint density at radius 1 is 1.02 bits per heavy atom. The molecule has 1 aromatic rings. The van der Waals surface area contributed by atoms with Crippen LogP contribution in [0, 0.1) is 23.7 Å². The molecular formula is C43H60O16. The first-order valence-corrected chi connectivity index (χ1v) is 19.9. The SMILES string of the molecule is C=C(CCC12OC(C(=O)OCCC(C)C)C(O)(C(=O)OCC(=O)OC)C(C(=O)O)(O1)[C@H](OC(=O)/C=C/[C@@H](C)C[C@@H](C)CC)[C@H]2O)[C@@H](OC(C)=O)[C@H](C)Cc1ccccc1. The van der Waals surface area contributed by atoms with Crippen molar-refractivity contribution in [2.24, 2.45) is 23.7 Å². The van der Waals surface area contributed by atoms with Gasteiger partial charge in [0, 0.05) is 25.3 Å². The van der Waals surface area contributed by atoms with Crippen molar-refractivity contribution in [1.29, 1.82) is 0 Å². The van der Waals surface area contributed by atoms with Gasteiger partial charge in [-0.3, -0.25) is 4.79 Å². The Morgan fingerprint density at radius 3 is 2.25 bits per heavy atom. The lowest BCUT2D eigenvalue weighted by molar-refractivity contribution is -0.375. The molecule has 2 bridgehead atoms. The van der Waals surface area contributed by atoms with Gasteiger partial charge in [-0.2, -0.15) is 0 Å². The predicted molar refractivity (Wildman–Crippen MR) is 209 cm³/mol. The number of carboxylic acids is 1. The number of hydrogen-bond donors (Lipinski definition) is 3. The summed E-state index contributed by atoms with van der Waals surface area (Å²) < 4.78 is 38.2. The van der Waals surface area contributed by atoms with Gasteiger partial charge in [-0.05, 0) is 54.6 Å². The average Bonchev–Trinajstić information content (AvgIpc) is 3.40. The molecule has 2 aliphatic heterocycles. The summed E-state index contributed by atoms with van der Waals surface area (Å²) >= 11 is 0. The molecule has 0 aliphatic carbocycles. The van der Waals surface area contributed by atoms with E-state index < -0.39 is 90.2 Å². The van der Waals surface area contributed by atoms with Crippen molar-refractivity contribution < 1.29 is 77.2 Å². The minimum absolute atomic E-state index is 0.0160. The Balaban J connectivity index is 2.17. The third-order valence-corrected chi connectivity index (χ3v) is 10.7. The third kappa shape index (κ3) is 11.4. The maximum absolute atomic E-state index is 14.0. The van der Waals surface area contributed by atoms with Gasteiger partial charge in [0.15, 0.2) is 12.7 Å². The van der Waals surface area contributed by atoms with E-state index in [9.17, 15) is 44.1 Å². The Bertz CT molecular complexity index is 1690. The Hall–Kier alpha value is -4.64. The minimum atomic E-state index is -3.78. The van der Waals surface area contributed by atoms with Crippen molar-refractivity contribution in [2.75, 3.05) is 20.3 Å². The quantitative estimate of drug-likeness (QED) is 0.0649. The molecule has 0 spiro atoms. The second kappa shape index (κ2) is 21.1. The number of hydrogen-bond acceptors (Lipinski definition) is 15. The lowest BCUT2D eigenvalue weighted by Gasteiger charge is -2.49. The topological polar surface area (TPSA) is 228 Å². The van der Waals surface area contributed by atoms with Crippen LogP contribution in [0.5, 0.6) is 0 Å². The average molecular weight is 833 g/mol. The summed E-state index contributed by atoms with van der Waals surface area (Å²) in [6, 6.07) is 9.36. The summed E-state index contributed by atoms with van der Waals surface area (Å²) in [5.74, 6) is -11.3. The van der Waals surface area contributed by atoms with E-state index in [4.69, 9.17) is 28.4 Å². The van der Waals surface area contributed by atoms with Gasteiger partial charge in [0.2, 0.25) is 23.1 Å². The van der Waals surface area contributed by atoms with Crippen molar-refractivity contribution >= 4 is 35.8 Å². The summed E-state index contributed by atoms with van der Waals surface area (Å²) in [5, 5.41) is 35.6. The van der Waals surface area contributed by atoms with Crippen molar-refractivity contribution in [1.82, 2.24) is 0 Å². The van der Waals surface area contributed by atoms with Gasteiger partial charge in [-0.25, -0.2) is 24.0 Å². The number of carbonyl (C=O) groups is 6. The standard InChI is InChI=1S/C43H60O16/c1-10-26(4)22-27(5)16-17-32(45)57-36-35(47)41(20-18-28(6)34(56-30(8)44)29(7)23-31-14-12-11-13-15-31)58-37(38(48)54-21-19-25(2)3)42(52,43(36,59-41)39(49)50)40(51)55-24-33(46)53-9/h11-17,25-27,29,34-37,47,52H,6,10,18-24H2,1-5,7-9H3,(H,49,50)/b17-16+/t26-,27+,29+,34+,35+,36+,37?,41?,42?,43?/m0/s1. The predicted octanol–water partition coefficient (Wildman–Crippen LogP) is 4.02. The van der Waals surface area contributed by atoms with Crippen LogP contribution in [0.2, 0.25) is 0 Å². The summed E-state index contributed by atoms with van der Waals surface area (Å²) in [7, 11) is 0.974. The lowest BCUT2D eigenvalue weighted by atomic mass is 9.74. The number of aliphatic hydroxyl groups excluding tert-OH is 1. The molecule has 2 fully saturated rings. The van der Waals surface area contributed by atoms with E-state index in [1.165, 1.54) is 13.0 Å². The summed E-state index contributed by atoms with van der Waals surface area (Å²) in [6.07, 6.45) is -4.22. The fourth-order valence-electron chi connectivity index (χ4n) is 7.32. The molecule has 3 rings (SSSR count). The smallest absolute Gasteiger partial charge is 0.346 e. The normalized spacial score (nSPS) is 26.9. The van der Waals surface area contributed by atoms with Gasteiger partial charge in [0.1, 0.15) is 12.2 Å². The highest BCUT2D eigenvalue weighted by molar-refractivity contribution is 5.99. The maximum Gasteiger partial charge on any atom is 0.346 e. The van der Waals surface area contributed by atoms with Gasteiger partial charge in [0.05, 0.1) is 13.7 Å². The molecule has 10 atom stereocenters. The van der Waals surface area contributed by atoms with Crippen LogP contribution in [0.1, 0.15) is 86.1 Å². The first-order valence-electron chi connectivity index (χ1n) is 19.9. The first kappa shape index (κ1) is 48.7. The van der Waals surface area contributed by atoms with Crippen LogP contribution >= 0.6 is 0 Å². The second-order valence-electron chi connectivity index (χ2n) is 16.0. The van der Waals surface area contributed by atoms with Gasteiger partial charge >= 0.3 is 35.8 Å².